The van der Waals surface area contributed by atoms with Crippen molar-refractivity contribution in [3.8, 4) is 0 Å². The van der Waals surface area contributed by atoms with E-state index in [2.05, 4.69) is 26.2 Å². The summed E-state index contributed by atoms with van der Waals surface area (Å²) < 4.78 is 0.851. The summed E-state index contributed by atoms with van der Waals surface area (Å²) in [5.74, 6) is 2.87. The Labute approximate surface area is 134 Å². The molecule has 4 saturated carbocycles. The average molecular weight is 349 g/mol. The number of halogens is 1. The monoisotopic (exact) mass is 348 g/mol. The second-order valence-corrected chi connectivity index (χ2v) is 8.35. The Balaban J connectivity index is 1.46. The molecule has 1 amide bonds. The van der Waals surface area contributed by atoms with Crippen molar-refractivity contribution >= 4 is 27.5 Å². The average Bonchev–Trinajstić information content (AvgIpc) is 2.39. The van der Waals surface area contributed by atoms with Crippen LogP contribution in [0.15, 0.2) is 22.9 Å². The van der Waals surface area contributed by atoms with Crippen molar-refractivity contribution in [2.24, 2.45) is 23.2 Å². The predicted molar refractivity (Wildman–Crippen MR) is 85.8 cm³/mol. The Morgan fingerprint density at radius 2 is 1.86 bits per heavy atom. The third-order valence-electron chi connectivity index (χ3n) is 5.75. The molecule has 21 heavy (non-hydrogen) atoms. The van der Waals surface area contributed by atoms with Gasteiger partial charge in [-0.15, -0.1) is 0 Å². The molecule has 1 N–H and O–H groups in total. The zero-order valence-electron chi connectivity index (χ0n) is 12.1. The van der Waals surface area contributed by atoms with Crippen molar-refractivity contribution in [1.29, 1.82) is 0 Å². The van der Waals surface area contributed by atoms with E-state index in [1.54, 1.807) is 12.4 Å². The minimum absolute atomic E-state index is 0.170. The molecule has 112 valence electrons. The molecule has 0 spiro atoms. The van der Waals surface area contributed by atoms with Crippen LogP contribution in [0.1, 0.15) is 44.9 Å². The summed E-state index contributed by atoms with van der Waals surface area (Å²) in [5, 5.41) is 3.06. The van der Waals surface area contributed by atoms with E-state index in [1.807, 2.05) is 6.07 Å². The first-order valence-corrected chi connectivity index (χ1v) is 8.81. The van der Waals surface area contributed by atoms with Crippen molar-refractivity contribution in [3.05, 3.63) is 22.9 Å². The molecule has 4 bridgehead atoms. The van der Waals surface area contributed by atoms with Gasteiger partial charge in [-0.2, -0.15) is 0 Å². The van der Waals surface area contributed by atoms with Crippen LogP contribution in [0.3, 0.4) is 0 Å². The molecule has 3 nitrogen and oxygen atoms in total. The van der Waals surface area contributed by atoms with Crippen molar-refractivity contribution in [1.82, 2.24) is 4.98 Å². The number of hydrogen-bond acceptors (Lipinski definition) is 2. The van der Waals surface area contributed by atoms with Gasteiger partial charge in [-0.25, -0.2) is 0 Å². The smallest absolute Gasteiger partial charge is 0.224 e. The number of carbonyl (C=O) groups excluding carboxylic acids is 1. The summed E-state index contributed by atoms with van der Waals surface area (Å²) in [4.78, 5) is 16.5. The molecule has 1 aromatic rings. The van der Waals surface area contributed by atoms with Crippen LogP contribution in [0.5, 0.6) is 0 Å². The van der Waals surface area contributed by atoms with Gasteiger partial charge in [-0.3, -0.25) is 9.78 Å². The van der Waals surface area contributed by atoms with E-state index in [4.69, 9.17) is 0 Å². The van der Waals surface area contributed by atoms with E-state index >= 15 is 0 Å². The number of carbonyl (C=O) groups is 1. The number of pyridine rings is 1. The van der Waals surface area contributed by atoms with E-state index in [0.29, 0.717) is 11.8 Å². The van der Waals surface area contributed by atoms with E-state index in [9.17, 15) is 4.79 Å². The highest BCUT2D eigenvalue weighted by Gasteiger charge is 2.51. The molecular weight excluding hydrogens is 328 g/mol. The Kier molecular flexibility index (Phi) is 3.32. The molecule has 1 aromatic heterocycles. The number of aromatic nitrogens is 1. The lowest BCUT2D eigenvalue weighted by Gasteiger charge is -2.56. The molecule has 5 rings (SSSR count). The summed E-state index contributed by atoms with van der Waals surface area (Å²) in [6.45, 7) is 0. The van der Waals surface area contributed by atoms with Crippen LogP contribution in [0.4, 0.5) is 5.69 Å². The van der Waals surface area contributed by atoms with Crippen molar-refractivity contribution in [2.45, 2.75) is 44.9 Å². The van der Waals surface area contributed by atoms with Crippen LogP contribution in [0.25, 0.3) is 0 Å². The van der Waals surface area contributed by atoms with Gasteiger partial charge in [0.2, 0.25) is 5.91 Å². The highest BCUT2D eigenvalue weighted by atomic mass is 79.9. The molecule has 4 aliphatic carbocycles. The van der Waals surface area contributed by atoms with E-state index < -0.39 is 0 Å². The molecule has 0 saturated heterocycles. The number of rotatable bonds is 3. The molecule has 1 heterocycles. The van der Waals surface area contributed by atoms with Crippen LogP contribution in [0, 0.1) is 23.2 Å². The summed E-state index contributed by atoms with van der Waals surface area (Å²) in [6.07, 6.45) is 12.3. The summed E-state index contributed by atoms with van der Waals surface area (Å²) in [7, 11) is 0. The largest absolute Gasteiger partial charge is 0.325 e. The van der Waals surface area contributed by atoms with E-state index in [-0.39, 0.29) is 5.91 Å². The van der Waals surface area contributed by atoms with Gasteiger partial charge in [0, 0.05) is 18.8 Å². The van der Waals surface area contributed by atoms with Gasteiger partial charge < -0.3 is 5.32 Å². The zero-order chi connectivity index (χ0) is 14.4. The molecule has 0 atom stereocenters. The standard InChI is InChI=1S/C17H21BrN2O/c18-14-10-19-2-1-15(14)20-16(21)9-17-6-11-3-12(7-17)5-13(4-11)8-17/h1-2,10-13H,3-9H2,(H,19,20,21). The first-order valence-electron chi connectivity index (χ1n) is 8.01. The van der Waals surface area contributed by atoms with Gasteiger partial charge in [0.25, 0.3) is 0 Å². The van der Waals surface area contributed by atoms with Gasteiger partial charge in [0.1, 0.15) is 0 Å². The highest BCUT2D eigenvalue weighted by molar-refractivity contribution is 9.10. The van der Waals surface area contributed by atoms with E-state index in [1.165, 1.54) is 38.5 Å². The van der Waals surface area contributed by atoms with Gasteiger partial charge in [-0.05, 0) is 83.7 Å². The topological polar surface area (TPSA) is 42.0 Å². The van der Waals surface area contributed by atoms with Crippen molar-refractivity contribution in [2.75, 3.05) is 5.32 Å². The van der Waals surface area contributed by atoms with Crippen LogP contribution in [0.2, 0.25) is 0 Å². The third-order valence-corrected chi connectivity index (χ3v) is 6.38. The Morgan fingerprint density at radius 3 is 2.43 bits per heavy atom. The fourth-order valence-electron chi connectivity index (χ4n) is 5.52. The third kappa shape index (κ3) is 2.63. The lowest BCUT2D eigenvalue weighted by Crippen LogP contribution is -2.47. The number of hydrogen-bond donors (Lipinski definition) is 1. The Hall–Kier alpha value is -0.900. The first-order chi connectivity index (χ1) is 10.1. The SMILES string of the molecule is O=C(CC12CC3CC(CC(C3)C1)C2)Nc1ccncc1Br. The van der Waals surface area contributed by atoms with Gasteiger partial charge in [-0.1, -0.05) is 0 Å². The van der Waals surface area contributed by atoms with Crippen molar-refractivity contribution in [3.63, 3.8) is 0 Å². The molecule has 4 heteroatoms. The number of amides is 1. The number of nitrogens with zero attached hydrogens (tertiary/aromatic N) is 1. The summed E-state index contributed by atoms with van der Waals surface area (Å²) in [5.41, 5.74) is 1.14. The maximum absolute atomic E-state index is 12.5. The molecule has 0 aliphatic heterocycles. The Bertz CT molecular complexity index is 536. The summed E-state index contributed by atoms with van der Waals surface area (Å²) in [6, 6.07) is 1.85. The van der Waals surface area contributed by atoms with Crippen LogP contribution >= 0.6 is 15.9 Å². The van der Waals surface area contributed by atoms with Gasteiger partial charge >= 0.3 is 0 Å². The Morgan fingerprint density at radius 1 is 1.24 bits per heavy atom. The highest BCUT2D eigenvalue weighted by Crippen LogP contribution is 2.61. The molecule has 0 radical (unpaired) electrons. The molecule has 0 aromatic carbocycles. The minimum atomic E-state index is 0.170. The van der Waals surface area contributed by atoms with Crippen LogP contribution in [-0.4, -0.2) is 10.9 Å². The first kappa shape index (κ1) is 13.7. The quantitative estimate of drug-likeness (QED) is 0.879. The lowest BCUT2D eigenvalue weighted by molar-refractivity contribution is -0.124. The van der Waals surface area contributed by atoms with Crippen molar-refractivity contribution < 1.29 is 4.79 Å². The molecular formula is C17H21BrN2O. The van der Waals surface area contributed by atoms with Gasteiger partial charge in [0.15, 0.2) is 0 Å². The molecule has 4 aliphatic rings. The lowest BCUT2D eigenvalue weighted by atomic mass is 9.49. The molecule has 4 fully saturated rings. The van der Waals surface area contributed by atoms with E-state index in [0.717, 1.165) is 27.9 Å². The van der Waals surface area contributed by atoms with Gasteiger partial charge in [0.05, 0.1) is 10.2 Å². The second-order valence-electron chi connectivity index (χ2n) is 7.50. The predicted octanol–water partition coefficient (Wildman–Crippen LogP) is 4.39. The maximum Gasteiger partial charge on any atom is 0.224 e. The fourth-order valence-corrected chi connectivity index (χ4v) is 5.87. The second kappa shape index (κ2) is 5.08. The fraction of sp³-hybridized carbons (Fsp3) is 0.647. The maximum atomic E-state index is 12.5. The molecule has 0 unspecified atom stereocenters. The van der Waals surface area contributed by atoms with Crippen LogP contribution < -0.4 is 5.32 Å². The minimum Gasteiger partial charge on any atom is -0.325 e. The normalized spacial score (nSPS) is 36.7. The number of anilines is 1. The number of nitrogens with one attached hydrogen (secondary N) is 1. The van der Waals surface area contributed by atoms with Crippen LogP contribution in [-0.2, 0) is 4.79 Å². The zero-order valence-corrected chi connectivity index (χ0v) is 13.7. The summed E-state index contributed by atoms with van der Waals surface area (Å²) >= 11 is 3.44.